The van der Waals surface area contributed by atoms with E-state index in [9.17, 15) is 40.2 Å². The molecule has 6 rings (SSSR count). The molecule has 46 heavy (non-hydrogen) atoms. The zero-order valence-corrected chi connectivity index (χ0v) is 28.3. The van der Waals surface area contributed by atoms with Crippen LogP contribution < -0.4 is 0 Å². The molecular weight excluding hydrogens is 592 g/mol. The first-order valence-electron chi connectivity index (χ1n) is 17.6. The second kappa shape index (κ2) is 11.2. The van der Waals surface area contributed by atoms with Gasteiger partial charge in [0.2, 0.25) is 6.29 Å². The van der Waals surface area contributed by atoms with Gasteiger partial charge in [-0.05, 0) is 104 Å². The van der Waals surface area contributed by atoms with E-state index in [0.29, 0.717) is 19.3 Å². The summed E-state index contributed by atoms with van der Waals surface area (Å²) in [6, 6.07) is 0. The SMILES string of the molecule is C[C@H]1[C@H](C)CC[C@]2(C(=O)O[C@H]3O[C@@H](CO)[C@H](O)[C@@H](O)[C@@H]3O)CC[C@]3(C(=O)O)C(=CC[C@H]4[C@@]5(C)CC[C@H](O)C(C)(C)[C@@H]5CC[C@]43C)[C@@H]12. The molecule has 0 aromatic carbocycles. The number of esters is 1. The van der Waals surface area contributed by atoms with Crippen molar-refractivity contribution in [3.8, 4) is 0 Å². The Morgan fingerprint density at radius 2 is 1.59 bits per heavy atom. The number of carboxylic acids is 1. The third kappa shape index (κ3) is 4.35. The molecule has 0 bridgehead atoms. The van der Waals surface area contributed by atoms with Crippen LogP contribution in [0.3, 0.4) is 0 Å². The summed E-state index contributed by atoms with van der Waals surface area (Å²) < 4.78 is 11.4. The number of rotatable bonds is 4. The number of aliphatic carboxylic acids is 1. The molecule has 1 heterocycles. The molecule has 0 unspecified atom stereocenters. The minimum absolute atomic E-state index is 0.0165. The van der Waals surface area contributed by atoms with Crippen LogP contribution in [0.4, 0.5) is 0 Å². The van der Waals surface area contributed by atoms with Crippen molar-refractivity contribution >= 4 is 11.9 Å². The van der Waals surface area contributed by atoms with Gasteiger partial charge in [0.25, 0.3) is 0 Å². The minimum atomic E-state index is -1.71. The standard InChI is InChI=1S/C36H56O10/c1-18-9-14-35(31(44)46-29-28(41)27(40)26(39)21(17-37)45-29)15-16-36(30(42)43)20(25(35)19(18)2)7-8-23-33(5)12-11-24(38)32(3,4)22(33)10-13-34(23,36)6/h7,18-19,21-29,37-41H,8-17H2,1-6H3,(H,42,43)/t18-,19+,21+,22+,23+,24+,25-,26+,27-,28+,29-,33+,34-,35+,36-/m1/s1. The quantitative estimate of drug-likeness (QED) is 0.196. The van der Waals surface area contributed by atoms with E-state index in [1.165, 1.54) is 0 Å². The van der Waals surface area contributed by atoms with Crippen LogP contribution in [0.5, 0.6) is 0 Å². The van der Waals surface area contributed by atoms with Gasteiger partial charge in [-0.15, -0.1) is 0 Å². The monoisotopic (exact) mass is 648 g/mol. The van der Waals surface area contributed by atoms with Crippen molar-refractivity contribution in [3.05, 3.63) is 11.6 Å². The summed E-state index contributed by atoms with van der Waals surface area (Å²) in [4.78, 5) is 28.4. The molecule has 1 saturated heterocycles. The Balaban J connectivity index is 1.41. The molecule has 0 radical (unpaired) electrons. The first kappa shape index (κ1) is 34.3. The maximum atomic E-state index is 14.4. The molecule has 10 heteroatoms. The molecule has 0 amide bonds. The number of allylic oxidation sites excluding steroid dienone is 1. The van der Waals surface area contributed by atoms with Crippen molar-refractivity contribution in [2.45, 2.75) is 136 Å². The molecule has 260 valence electrons. The first-order chi connectivity index (χ1) is 21.4. The summed E-state index contributed by atoms with van der Waals surface area (Å²) in [6.45, 7) is 12.5. The third-order valence-corrected chi connectivity index (χ3v) is 15.3. The first-order valence-corrected chi connectivity index (χ1v) is 17.6. The van der Waals surface area contributed by atoms with Crippen LogP contribution in [0.15, 0.2) is 11.6 Å². The molecule has 4 saturated carbocycles. The Kier molecular flexibility index (Phi) is 8.38. The summed E-state index contributed by atoms with van der Waals surface area (Å²) >= 11 is 0. The van der Waals surface area contributed by atoms with E-state index in [1.807, 2.05) is 0 Å². The second-order valence-electron chi connectivity index (χ2n) is 17.2. The van der Waals surface area contributed by atoms with Crippen molar-refractivity contribution in [3.63, 3.8) is 0 Å². The number of hydrogen-bond acceptors (Lipinski definition) is 9. The zero-order valence-electron chi connectivity index (χ0n) is 28.3. The molecule has 5 aliphatic carbocycles. The van der Waals surface area contributed by atoms with Crippen LogP contribution in [-0.2, 0) is 19.1 Å². The Bertz CT molecular complexity index is 1260. The van der Waals surface area contributed by atoms with Crippen molar-refractivity contribution < 1.29 is 49.7 Å². The predicted molar refractivity (Wildman–Crippen MR) is 167 cm³/mol. The number of fused-ring (bicyclic) bond motifs is 7. The van der Waals surface area contributed by atoms with Gasteiger partial charge in [0.1, 0.15) is 24.4 Å². The number of carbonyl (C=O) groups is 2. The fourth-order valence-corrected chi connectivity index (χ4v) is 12.4. The van der Waals surface area contributed by atoms with Crippen LogP contribution in [-0.4, -0.2) is 86.0 Å². The highest BCUT2D eigenvalue weighted by Gasteiger charge is 2.73. The average Bonchev–Trinajstić information content (AvgIpc) is 3.00. The topological polar surface area (TPSA) is 174 Å². The van der Waals surface area contributed by atoms with Gasteiger partial charge in [0.15, 0.2) is 0 Å². The Morgan fingerprint density at radius 1 is 0.891 bits per heavy atom. The summed E-state index contributed by atoms with van der Waals surface area (Å²) in [5.74, 6) is -1.22. The predicted octanol–water partition coefficient (Wildman–Crippen LogP) is 3.41. The third-order valence-electron chi connectivity index (χ3n) is 15.3. The molecule has 0 spiro atoms. The lowest BCUT2D eigenvalue weighted by molar-refractivity contribution is -0.297. The van der Waals surface area contributed by atoms with E-state index in [4.69, 9.17) is 9.47 Å². The van der Waals surface area contributed by atoms with Gasteiger partial charge in [0, 0.05) is 0 Å². The Hall–Kier alpha value is -1.56. The molecule has 0 aromatic heterocycles. The lowest BCUT2D eigenvalue weighted by Gasteiger charge is -2.70. The van der Waals surface area contributed by atoms with Gasteiger partial charge in [-0.25, -0.2) is 0 Å². The lowest BCUT2D eigenvalue weighted by atomic mass is 9.33. The molecule has 15 atom stereocenters. The molecule has 6 N–H and O–H groups in total. The van der Waals surface area contributed by atoms with Gasteiger partial charge < -0.3 is 40.1 Å². The van der Waals surface area contributed by atoms with Crippen molar-refractivity contribution in [2.75, 3.05) is 6.61 Å². The van der Waals surface area contributed by atoms with Gasteiger partial charge in [-0.1, -0.05) is 53.2 Å². The lowest BCUT2D eigenvalue weighted by Crippen LogP contribution is -2.68. The van der Waals surface area contributed by atoms with E-state index < -0.39 is 71.4 Å². The van der Waals surface area contributed by atoms with Gasteiger partial charge >= 0.3 is 11.9 Å². The van der Waals surface area contributed by atoms with E-state index in [2.05, 4.69) is 47.6 Å². The second-order valence-corrected chi connectivity index (χ2v) is 17.2. The molecular formula is C36H56O10. The minimum Gasteiger partial charge on any atom is -0.481 e. The number of hydrogen-bond donors (Lipinski definition) is 6. The zero-order chi connectivity index (χ0) is 33.8. The maximum Gasteiger partial charge on any atom is 0.315 e. The molecule has 10 nitrogen and oxygen atoms in total. The normalized spacial score (nSPS) is 53.0. The highest BCUT2D eigenvalue weighted by Crippen LogP contribution is 2.76. The summed E-state index contributed by atoms with van der Waals surface area (Å²) in [6.07, 6.45) is -0.256. The van der Waals surface area contributed by atoms with Crippen molar-refractivity contribution in [1.82, 2.24) is 0 Å². The molecule has 0 aromatic rings. The highest BCUT2D eigenvalue weighted by molar-refractivity contribution is 5.85. The molecule has 1 aliphatic heterocycles. The van der Waals surface area contributed by atoms with E-state index in [0.717, 1.165) is 37.7 Å². The highest BCUT2D eigenvalue weighted by atomic mass is 16.7. The average molecular weight is 649 g/mol. The smallest absolute Gasteiger partial charge is 0.315 e. The van der Waals surface area contributed by atoms with Gasteiger partial charge in [0.05, 0.1) is 23.5 Å². The number of carboxylic acid groups (broad SMARTS) is 1. The number of aliphatic hydroxyl groups is 5. The van der Waals surface area contributed by atoms with Crippen LogP contribution in [0, 0.1) is 56.7 Å². The van der Waals surface area contributed by atoms with Gasteiger partial charge in [-0.2, -0.15) is 0 Å². The fraction of sp³-hybridized carbons (Fsp3) is 0.889. The van der Waals surface area contributed by atoms with Crippen molar-refractivity contribution in [2.24, 2.45) is 56.7 Å². The van der Waals surface area contributed by atoms with E-state index in [1.54, 1.807) is 0 Å². The van der Waals surface area contributed by atoms with Crippen LogP contribution >= 0.6 is 0 Å². The summed E-state index contributed by atoms with van der Waals surface area (Å²) in [5, 5.41) is 63.4. The van der Waals surface area contributed by atoms with E-state index in [-0.39, 0.29) is 47.0 Å². The number of ether oxygens (including phenoxy) is 2. The van der Waals surface area contributed by atoms with Crippen molar-refractivity contribution in [1.29, 1.82) is 0 Å². The largest absolute Gasteiger partial charge is 0.481 e. The summed E-state index contributed by atoms with van der Waals surface area (Å²) in [7, 11) is 0. The van der Waals surface area contributed by atoms with E-state index >= 15 is 0 Å². The number of carbonyl (C=O) groups excluding carboxylic acids is 1. The fourth-order valence-electron chi connectivity index (χ4n) is 12.4. The maximum absolute atomic E-state index is 14.4. The number of aliphatic hydroxyl groups excluding tert-OH is 5. The van der Waals surface area contributed by atoms with Crippen LogP contribution in [0.25, 0.3) is 0 Å². The Morgan fingerprint density at radius 3 is 2.24 bits per heavy atom. The molecule has 6 aliphatic rings. The Labute approximate surface area is 272 Å². The van der Waals surface area contributed by atoms with Gasteiger partial charge in [-0.3, -0.25) is 9.59 Å². The van der Waals surface area contributed by atoms with Crippen LogP contribution in [0.1, 0.15) is 99.3 Å². The van der Waals surface area contributed by atoms with Crippen LogP contribution in [0.2, 0.25) is 0 Å². The summed E-state index contributed by atoms with van der Waals surface area (Å²) in [5.41, 5.74) is -2.32. The molecule has 5 fully saturated rings.